The van der Waals surface area contributed by atoms with Gasteiger partial charge in [-0.2, -0.15) is 0 Å². The number of ether oxygens (including phenoxy) is 1. The lowest BCUT2D eigenvalue weighted by molar-refractivity contribution is 0.1000. The Balaban J connectivity index is 2.61. The average Bonchev–Trinajstić information content (AvgIpc) is 2.36. The van der Waals surface area contributed by atoms with Crippen molar-refractivity contribution >= 4 is 5.91 Å². The first-order chi connectivity index (χ1) is 8.00. The van der Waals surface area contributed by atoms with Crippen LogP contribution in [0.2, 0.25) is 0 Å². The van der Waals surface area contributed by atoms with Crippen LogP contribution in [0.3, 0.4) is 0 Å². The van der Waals surface area contributed by atoms with Gasteiger partial charge < -0.3 is 16.2 Å². The third-order valence-corrected chi connectivity index (χ3v) is 3.07. The molecule has 94 valence electrons. The Morgan fingerprint density at radius 2 is 1.76 bits per heavy atom. The summed E-state index contributed by atoms with van der Waals surface area (Å²) in [5.41, 5.74) is 11.5. The van der Waals surface area contributed by atoms with E-state index in [9.17, 15) is 4.79 Å². The van der Waals surface area contributed by atoms with Gasteiger partial charge in [-0.25, -0.2) is 0 Å². The van der Waals surface area contributed by atoms with Crippen molar-refractivity contribution in [3.8, 4) is 5.75 Å². The second-order valence-corrected chi connectivity index (χ2v) is 4.25. The molecule has 1 aromatic rings. The van der Waals surface area contributed by atoms with Gasteiger partial charge in [0.2, 0.25) is 5.91 Å². The van der Waals surface area contributed by atoms with E-state index in [1.54, 1.807) is 24.3 Å². The summed E-state index contributed by atoms with van der Waals surface area (Å²) >= 11 is 0. The van der Waals surface area contributed by atoms with Crippen molar-refractivity contribution in [3.05, 3.63) is 29.8 Å². The third kappa shape index (κ3) is 3.75. The normalized spacial score (nSPS) is 11.2. The maximum absolute atomic E-state index is 10.9. The lowest BCUT2D eigenvalue weighted by Crippen LogP contribution is -2.44. The SMILES string of the molecule is CCC(N)(CC)COc1ccc(C(N)=O)cc1. The molecule has 0 fully saturated rings. The number of hydrogen-bond acceptors (Lipinski definition) is 3. The molecule has 0 aromatic heterocycles. The Bertz CT molecular complexity index is 370. The second-order valence-electron chi connectivity index (χ2n) is 4.25. The summed E-state index contributed by atoms with van der Waals surface area (Å²) < 4.78 is 5.61. The molecular weight excluding hydrogens is 216 g/mol. The van der Waals surface area contributed by atoms with Gasteiger partial charge in [-0.1, -0.05) is 13.8 Å². The number of benzene rings is 1. The van der Waals surface area contributed by atoms with Gasteiger partial charge in [0.1, 0.15) is 12.4 Å². The molecular formula is C13H20N2O2. The largest absolute Gasteiger partial charge is 0.492 e. The first kappa shape index (κ1) is 13.5. The van der Waals surface area contributed by atoms with Crippen LogP contribution in [-0.4, -0.2) is 18.1 Å². The summed E-state index contributed by atoms with van der Waals surface area (Å²) in [7, 11) is 0. The Morgan fingerprint density at radius 3 is 2.18 bits per heavy atom. The summed E-state index contributed by atoms with van der Waals surface area (Å²) in [5, 5.41) is 0. The predicted molar refractivity (Wildman–Crippen MR) is 68.0 cm³/mol. The Hall–Kier alpha value is -1.55. The Labute approximate surface area is 102 Å². The van der Waals surface area contributed by atoms with Crippen LogP contribution in [-0.2, 0) is 0 Å². The van der Waals surface area contributed by atoms with Crippen LogP contribution in [0.25, 0.3) is 0 Å². The van der Waals surface area contributed by atoms with Crippen molar-refractivity contribution in [3.63, 3.8) is 0 Å². The van der Waals surface area contributed by atoms with Crippen molar-refractivity contribution in [1.29, 1.82) is 0 Å². The number of nitrogens with two attached hydrogens (primary N) is 2. The maximum atomic E-state index is 10.9. The molecule has 0 spiro atoms. The molecule has 17 heavy (non-hydrogen) atoms. The van der Waals surface area contributed by atoms with Crippen molar-refractivity contribution in [2.24, 2.45) is 11.5 Å². The molecule has 0 atom stereocenters. The topological polar surface area (TPSA) is 78.3 Å². The smallest absolute Gasteiger partial charge is 0.248 e. The van der Waals surface area contributed by atoms with Crippen molar-refractivity contribution in [2.45, 2.75) is 32.2 Å². The minimum Gasteiger partial charge on any atom is -0.492 e. The number of primary amides is 1. The molecule has 0 aliphatic carbocycles. The molecule has 0 aliphatic heterocycles. The molecule has 1 aromatic carbocycles. The summed E-state index contributed by atoms with van der Waals surface area (Å²) in [4.78, 5) is 10.9. The highest BCUT2D eigenvalue weighted by molar-refractivity contribution is 5.92. The maximum Gasteiger partial charge on any atom is 0.248 e. The molecule has 4 N–H and O–H groups in total. The molecule has 4 heteroatoms. The molecule has 0 unspecified atom stereocenters. The standard InChI is InChI=1S/C13H20N2O2/c1-3-13(15,4-2)9-17-11-7-5-10(6-8-11)12(14)16/h5-8H,3-4,9,15H2,1-2H3,(H2,14,16). The van der Waals surface area contributed by atoms with Crippen LogP contribution < -0.4 is 16.2 Å². The highest BCUT2D eigenvalue weighted by Crippen LogP contribution is 2.16. The van der Waals surface area contributed by atoms with Gasteiger partial charge in [0.05, 0.1) is 0 Å². The fourth-order valence-electron chi connectivity index (χ4n) is 1.40. The minimum atomic E-state index is -0.438. The lowest BCUT2D eigenvalue weighted by atomic mass is 9.96. The van der Waals surface area contributed by atoms with E-state index in [4.69, 9.17) is 16.2 Å². The van der Waals surface area contributed by atoms with Crippen LogP contribution in [0, 0.1) is 0 Å². The van der Waals surface area contributed by atoms with Crippen LogP contribution in [0.1, 0.15) is 37.0 Å². The molecule has 4 nitrogen and oxygen atoms in total. The average molecular weight is 236 g/mol. The van der Waals surface area contributed by atoms with Crippen molar-refractivity contribution in [2.75, 3.05) is 6.61 Å². The highest BCUT2D eigenvalue weighted by Gasteiger charge is 2.20. The first-order valence-corrected chi connectivity index (χ1v) is 5.82. The summed E-state index contributed by atoms with van der Waals surface area (Å²) in [6.45, 7) is 4.56. The zero-order valence-corrected chi connectivity index (χ0v) is 10.4. The van der Waals surface area contributed by atoms with E-state index in [2.05, 4.69) is 0 Å². The Morgan fingerprint density at radius 1 is 1.24 bits per heavy atom. The summed E-state index contributed by atoms with van der Waals surface area (Å²) in [6, 6.07) is 6.75. The fraction of sp³-hybridized carbons (Fsp3) is 0.462. The number of hydrogen-bond donors (Lipinski definition) is 2. The van der Waals surface area contributed by atoms with E-state index >= 15 is 0 Å². The van der Waals surface area contributed by atoms with Crippen molar-refractivity contribution < 1.29 is 9.53 Å². The second kappa shape index (κ2) is 5.68. The van der Waals surface area contributed by atoms with Gasteiger partial charge in [0.25, 0.3) is 0 Å². The van der Waals surface area contributed by atoms with E-state index < -0.39 is 5.91 Å². The molecule has 0 saturated heterocycles. The quantitative estimate of drug-likeness (QED) is 0.788. The fourth-order valence-corrected chi connectivity index (χ4v) is 1.40. The van der Waals surface area contributed by atoms with Crippen LogP contribution in [0.4, 0.5) is 0 Å². The van der Waals surface area contributed by atoms with Crippen LogP contribution in [0.5, 0.6) is 5.75 Å². The van der Waals surface area contributed by atoms with Gasteiger partial charge in [-0.15, -0.1) is 0 Å². The van der Waals surface area contributed by atoms with E-state index in [0.717, 1.165) is 12.8 Å². The number of carbonyl (C=O) groups excluding carboxylic acids is 1. The van der Waals surface area contributed by atoms with Gasteiger partial charge in [-0.3, -0.25) is 4.79 Å². The van der Waals surface area contributed by atoms with Gasteiger partial charge in [0, 0.05) is 11.1 Å². The van der Waals surface area contributed by atoms with Crippen LogP contribution in [0.15, 0.2) is 24.3 Å². The van der Waals surface area contributed by atoms with E-state index in [1.165, 1.54) is 0 Å². The lowest BCUT2D eigenvalue weighted by Gasteiger charge is -2.26. The zero-order chi connectivity index (χ0) is 12.9. The third-order valence-electron chi connectivity index (χ3n) is 3.07. The van der Waals surface area contributed by atoms with Crippen molar-refractivity contribution in [1.82, 2.24) is 0 Å². The molecule has 0 bridgehead atoms. The molecule has 0 saturated carbocycles. The number of amides is 1. The zero-order valence-electron chi connectivity index (χ0n) is 10.4. The van der Waals surface area contributed by atoms with Gasteiger partial charge in [0.15, 0.2) is 0 Å². The molecule has 0 heterocycles. The monoisotopic (exact) mass is 236 g/mol. The van der Waals surface area contributed by atoms with E-state index in [-0.39, 0.29) is 5.54 Å². The first-order valence-electron chi connectivity index (χ1n) is 5.82. The predicted octanol–water partition coefficient (Wildman–Crippen LogP) is 1.68. The number of rotatable bonds is 6. The summed E-state index contributed by atoms with van der Waals surface area (Å²) in [6.07, 6.45) is 1.73. The molecule has 1 rings (SSSR count). The summed E-state index contributed by atoms with van der Waals surface area (Å²) in [5.74, 6) is 0.263. The Kier molecular flexibility index (Phi) is 4.52. The molecule has 0 aliphatic rings. The van der Waals surface area contributed by atoms with Crippen LogP contribution >= 0.6 is 0 Å². The van der Waals surface area contributed by atoms with Gasteiger partial charge >= 0.3 is 0 Å². The van der Waals surface area contributed by atoms with Gasteiger partial charge in [-0.05, 0) is 37.1 Å². The molecule has 0 radical (unpaired) electrons. The van der Waals surface area contributed by atoms with E-state index in [0.29, 0.717) is 17.9 Å². The minimum absolute atomic E-state index is 0.289. The highest BCUT2D eigenvalue weighted by atomic mass is 16.5. The van der Waals surface area contributed by atoms with E-state index in [1.807, 2.05) is 13.8 Å². The number of carbonyl (C=O) groups is 1. The molecule has 1 amide bonds.